The van der Waals surface area contributed by atoms with E-state index in [1.807, 2.05) is 16.7 Å². The fourth-order valence-corrected chi connectivity index (χ4v) is 2.51. The first-order valence-electron chi connectivity index (χ1n) is 5.94. The van der Waals surface area contributed by atoms with E-state index in [9.17, 15) is 9.59 Å². The van der Waals surface area contributed by atoms with Crippen LogP contribution < -0.4 is 5.32 Å². The number of hydrogen-bond donors (Lipinski definition) is 2. The highest BCUT2D eigenvalue weighted by Gasteiger charge is 2.16. The summed E-state index contributed by atoms with van der Waals surface area (Å²) in [6.45, 7) is 3.86. The lowest BCUT2D eigenvalue weighted by molar-refractivity contribution is -0.141. The van der Waals surface area contributed by atoms with Gasteiger partial charge in [0.05, 0.1) is 5.92 Å². The van der Waals surface area contributed by atoms with Gasteiger partial charge in [-0.2, -0.15) is 11.8 Å². The molecule has 98 valence electrons. The Morgan fingerprint density at radius 3 is 2.65 bits per heavy atom. The maximum absolute atomic E-state index is 11.7. The number of nitrogens with zero attached hydrogens (tertiary/aromatic N) is 1. The molecule has 1 aliphatic heterocycles. The number of nitrogens with one attached hydrogen (secondary N) is 1. The van der Waals surface area contributed by atoms with Crippen molar-refractivity contribution in [2.75, 3.05) is 31.1 Å². The summed E-state index contributed by atoms with van der Waals surface area (Å²) in [7, 11) is 0. The van der Waals surface area contributed by atoms with Gasteiger partial charge in [0.1, 0.15) is 0 Å². The topological polar surface area (TPSA) is 69.6 Å². The fraction of sp³-hybridized carbons (Fsp3) is 0.818. The second-order valence-electron chi connectivity index (χ2n) is 4.21. The number of carboxylic acid groups (broad SMARTS) is 1. The van der Waals surface area contributed by atoms with Crippen LogP contribution in [0.4, 0.5) is 4.79 Å². The molecule has 5 nitrogen and oxygen atoms in total. The Bertz CT molecular complexity index is 267. The Balaban J connectivity index is 2.09. The lowest BCUT2D eigenvalue weighted by Gasteiger charge is -2.26. The number of amides is 2. The average Bonchev–Trinajstić information content (AvgIpc) is 2.35. The minimum Gasteiger partial charge on any atom is -0.481 e. The van der Waals surface area contributed by atoms with E-state index in [1.54, 1.807) is 6.92 Å². The van der Waals surface area contributed by atoms with Gasteiger partial charge in [0.15, 0.2) is 0 Å². The molecule has 1 rings (SSSR count). The lowest BCUT2D eigenvalue weighted by atomic mass is 10.1. The molecule has 0 spiro atoms. The predicted octanol–water partition coefficient (Wildman–Crippen LogP) is 1.25. The van der Waals surface area contributed by atoms with Crippen molar-refractivity contribution in [1.82, 2.24) is 10.2 Å². The molecule has 2 amide bonds. The van der Waals surface area contributed by atoms with Gasteiger partial charge >= 0.3 is 12.0 Å². The summed E-state index contributed by atoms with van der Waals surface area (Å²) in [6, 6.07) is -0.0201. The Morgan fingerprint density at radius 1 is 1.41 bits per heavy atom. The van der Waals surface area contributed by atoms with Crippen LogP contribution in [-0.2, 0) is 4.79 Å². The van der Waals surface area contributed by atoms with Crippen LogP contribution in [0.1, 0.15) is 19.8 Å². The molecule has 1 aliphatic rings. The highest BCUT2D eigenvalue weighted by molar-refractivity contribution is 7.99. The number of thioether (sulfide) groups is 1. The van der Waals surface area contributed by atoms with Gasteiger partial charge in [-0.15, -0.1) is 0 Å². The van der Waals surface area contributed by atoms with Gasteiger partial charge in [-0.1, -0.05) is 6.92 Å². The van der Waals surface area contributed by atoms with E-state index in [-0.39, 0.29) is 11.9 Å². The quantitative estimate of drug-likeness (QED) is 0.730. The number of hydrogen-bond acceptors (Lipinski definition) is 3. The first-order valence-corrected chi connectivity index (χ1v) is 7.10. The molecular formula is C11H20N2O3S. The minimum absolute atomic E-state index is 0.0201. The van der Waals surface area contributed by atoms with Crippen molar-refractivity contribution in [3.8, 4) is 0 Å². The van der Waals surface area contributed by atoms with Crippen LogP contribution in [0.25, 0.3) is 0 Å². The van der Waals surface area contributed by atoms with Gasteiger partial charge in [-0.05, 0) is 12.8 Å². The number of aliphatic carboxylic acids is 1. The van der Waals surface area contributed by atoms with E-state index < -0.39 is 5.97 Å². The van der Waals surface area contributed by atoms with E-state index in [1.165, 1.54) is 0 Å². The molecule has 0 saturated carbocycles. The first-order chi connectivity index (χ1) is 8.11. The monoisotopic (exact) mass is 260 g/mol. The van der Waals surface area contributed by atoms with E-state index >= 15 is 0 Å². The van der Waals surface area contributed by atoms with Crippen molar-refractivity contribution >= 4 is 23.8 Å². The van der Waals surface area contributed by atoms with Crippen molar-refractivity contribution in [2.24, 2.45) is 5.92 Å². The second-order valence-corrected chi connectivity index (χ2v) is 5.44. The fourth-order valence-electron chi connectivity index (χ4n) is 1.61. The van der Waals surface area contributed by atoms with Crippen molar-refractivity contribution in [3.05, 3.63) is 0 Å². The maximum atomic E-state index is 11.7. The third-order valence-electron chi connectivity index (χ3n) is 2.81. The maximum Gasteiger partial charge on any atom is 0.317 e. The summed E-state index contributed by atoms with van der Waals surface area (Å²) in [5.41, 5.74) is 0. The zero-order valence-electron chi connectivity index (χ0n) is 10.1. The van der Waals surface area contributed by atoms with Crippen LogP contribution in [0, 0.1) is 5.92 Å². The van der Waals surface area contributed by atoms with Crippen molar-refractivity contribution in [3.63, 3.8) is 0 Å². The average molecular weight is 260 g/mol. The first kappa shape index (κ1) is 14.2. The van der Waals surface area contributed by atoms with Crippen molar-refractivity contribution in [1.29, 1.82) is 0 Å². The SMILES string of the molecule is CC(CCCNC(=O)N1CCSCC1)C(=O)O. The highest BCUT2D eigenvalue weighted by atomic mass is 32.2. The molecule has 0 radical (unpaired) electrons. The molecule has 0 aliphatic carbocycles. The van der Waals surface area contributed by atoms with Gasteiger partial charge in [0.2, 0.25) is 0 Å². The molecule has 0 bridgehead atoms. The molecule has 1 unspecified atom stereocenters. The summed E-state index contributed by atoms with van der Waals surface area (Å²) < 4.78 is 0. The third kappa shape index (κ3) is 5.30. The molecule has 1 heterocycles. The highest BCUT2D eigenvalue weighted by Crippen LogP contribution is 2.09. The molecule has 6 heteroatoms. The molecule has 0 aromatic rings. The van der Waals surface area contributed by atoms with Crippen LogP contribution in [0.3, 0.4) is 0 Å². The third-order valence-corrected chi connectivity index (χ3v) is 3.75. The number of carboxylic acids is 1. The van der Waals surface area contributed by atoms with Gasteiger partial charge < -0.3 is 15.3 Å². The summed E-state index contributed by atoms with van der Waals surface area (Å²) in [5, 5.41) is 11.5. The summed E-state index contributed by atoms with van der Waals surface area (Å²) in [5.74, 6) is 0.898. The molecule has 0 aromatic heterocycles. The van der Waals surface area contributed by atoms with E-state index in [2.05, 4.69) is 5.32 Å². The largest absolute Gasteiger partial charge is 0.481 e. The Kier molecular flexibility index (Phi) is 6.18. The van der Waals surface area contributed by atoms with E-state index in [4.69, 9.17) is 5.11 Å². The van der Waals surface area contributed by atoms with Crippen molar-refractivity contribution in [2.45, 2.75) is 19.8 Å². The molecule has 2 N–H and O–H groups in total. The number of rotatable bonds is 5. The summed E-state index contributed by atoms with van der Waals surface area (Å²) >= 11 is 1.86. The van der Waals surface area contributed by atoms with E-state index in [0.29, 0.717) is 19.4 Å². The molecular weight excluding hydrogens is 240 g/mol. The second kappa shape index (κ2) is 7.42. The molecule has 1 saturated heterocycles. The molecule has 1 fully saturated rings. The Hall–Kier alpha value is -0.910. The summed E-state index contributed by atoms with van der Waals surface area (Å²) in [6.07, 6.45) is 1.31. The van der Waals surface area contributed by atoms with Crippen LogP contribution >= 0.6 is 11.8 Å². The van der Waals surface area contributed by atoms with Gasteiger partial charge in [0.25, 0.3) is 0 Å². The predicted molar refractivity (Wildman–Crippen MR) is 68.3 cm³/mol. The smallest absolute Gasteiger partial charge is 0.317 e. The van der Waals surface area contributed by atoms with Crippen LogP contribution in [0.15, 0.2) is 0 Å². The zero-order valence-corrected chi connectivity index (χ0v) is 11.0. The lowest BCUT2D eigenvalue weighted by Crippen LogP contribution is -2.44. The Morgan fingerprint density at radius 2 is 2.06 bits per heavy atom. The molecule has 0 aromatic carbocycles. The number of carbonyl (C=O) groups excluding carboxylic acids is 1. The van der Waals surface area contributed by atoms with Crippen LogP contribution in [0.5, 0.6) is 0 Å². The number of urea groups is 1. The van der Waals surface area contributed by atoms with Gasteiger partial charge in [0, 0.05) is 31.1 Å². The standard InChI is InChI=1S/C11H20N2O3S/c1-9(10(14)15)3-2-4-12-11(16)13-5-7-17-8-6-13/h9H,2-8H2,1H3,(H,12,16)(H,14,15). The van der Waals surface area contributed by atoms with Crippen LogP contribution in [-0.4, -0.2) is 53.1 Å². The molecule has 17 heavy (non-hydrogen) atoms. The van der Waals surface area contributed by atoms with Crippen molar-refractivity contribution < 1.29 is 14.7 Å². The zero-order chi connectivity index (χ0) is 12.7. The van der Waals surface area contributed by atoms with Gasteiger partial charge in [-0.25, -0.2) is 4.79 Å². The Labute approximate surface area is 106 Å². The van der Waals surface area contributed by atoms with Gasteiger partial charge in [-0.3, -0.25) is 4.79 Å². The van der Waals surface area contributed by atoms with E-state index in [0.717, 1.165) is 24.6 Å². The minimum atomic E-state index is -0.774. The molecule has 1 atom stereocenters. The number of carbonyl (C=O) groups is 2. The normalized spacial score (nSPS) is 17.6. The summed E-state index contributed by atoms with van der Waals surface area (Å²) in [4.78, 5) is 24.1. The van der Waals surface area contributed by atoms with Crippen LogP contribution in [0.2, 0.25) is 0 Å².